The van der Waals surface area contributed by atoms with Gasteiger partial charge in [0.05, 0.1) is 11.1 Å². The first kappa shape index (κ1) is 9.30. The smallest absolute Gasteiger partial charge is 0.115 e. The number of aromatic nitrogens is 2. The Balaban J connectivity index is 2.31. The summed E-state index contributed by atoms with van der Waals surface area (Å²) in [6, 6.07) is 7.57. The fourth-order valence-corrected chi connectivity index (χ4v) is 1.73. The normalized spacial score (nSPS) is 12.7. The number of hydrogen-bond donors (Lipinski definition) is 0. The Labute approximate surface area is 86.2 Å². The van der Waals surface area contributed by atoms with E-state index in [4.69, 9.17) is 0 Å². The van der Waals surface area contributed by atoms with Gasteiger partial charge in [0, 0.05) is 0 Å². The maximum absolute atomic E-state index is 11.1. The Morgan fingerprint density at radius 3 is 2.50 bits per heavy atom. The highest BCUT2D eigenvalue weighted by Crippen LogP contribution is 2.23. The molecule has 0 saturated heterocycles. The zero-order valence-electron chi connectivity index (χ0n) is 7.68. The molecular weight excluding hydrogens is 196 g/mol. The van der Waals surface area contributed by atoms with Gasteiger partial charge in [0.25, 0.3) is 0 Å². The topological polar surface area (TPSA) is 45.7 Å². The minimum atomic E-state index is -0.663. The molecule has 1 aromatic carbocycles. The van der Waals surface area contributed by atoms with Crippen molar-refractivity contribution < 1.29 is 5.11 Å². The zero-order valence-corrected chi connectivity index (χ0v) is 8.49. The molecule has 0 N–H and O–H groups in total. The van der Waals surface area contributed by atoms with Crippen molar-refractivity contribution in [2.75, 3.05) is 0 Å². The van der Waals surface area contributed by atoms with Crippen LogP contribution in [0.15, 0.2) is 30.5 Å². The van der Waals surface area contributed by atoms with E-state index in [2.05, 4.69) is 9.59 Å². The summed E-state index contributed by atoms with van der Waals surface area (Å²) >= 11 is 1.35. The SMILES string of the molecule is CC([O])c1ccc(-c2cnns2)cc1. The summed E-state index contributed by atoms with van der Waals surface area (Å²) in [6.45, 7) is 1.64. The van der Waals surface area contributed by atoms with Crippen molar-refractivity contribution >= 4 is 11.5 Å². The summed E-state index contributed by atoms with van der Waals surface area (Å²) in [5, 5.41) is 14.9. The zero-order chi connectivity index (χ0) is 9.97. The average molecular weight is 205 g/mol. The Morgan fingerprint density at radius 2 is 2.00 bits per heavy atom. The van der Waals surface area contributed by atoms with Crippen LogP contribution in [0.1, 0.15) is 18.6 Å². The Kier molecular flexibility index (Phi) is 2.56. The van der Waals surface area contributed by atoms with Gasteiger partial charge in [-0.2, -0.15) is 0 Å². The molecule has 1 atom stereocenters. The van der Waals surface area contributed by atoms with Crippen LogP contribution >= 0.6 is 11.5 Å². The van der Waals surface area contributed by atoms with E-state index in [0.717, 1.165) is 16.0 Å². The molecule has 3 nitrogen and oxygen atoms in total. The van der Waals surface area contributed by atoms with E-state index in [1.807, 2.05) is 24.3 Å². The fourth-order valence-electron chi connectivity index (χ4n) is 1.21. The first-order chi connectivity index (χ1) is 6.77. The van der Waals surface area contributed by atoms with Crippen LogP contribution < -0.4 is 0 Å². The van der Waals surface area contributed by atoms with Crippen molar-refractivity contribution in [2.24, 2.45) is 0 Å². The lowest BCUT2D eigenvalue weighted by Gasteiger charge is -2.02. The molecule has 1 heterocycles. The van der Waals surface area contributed by atoms with E-state index < -0.39 is 6.10 Å². The summed E-state index contributed by atoms with van der Waals surface area (Å²) in [5.41, 5.74) is 1.87. The average Bonchev–Trinajstić information content (AvgIpc) is 2.71. The molecule has 4 heteroatoms. The summed E-state index contributed by atoms with van der Waals surface area (Å²) in [4.78, 5) is 1.02. The molecule has 1 aromatic heterocycles. The molecule has 2 aromatic rings. The molecule has 1 unspecified atom stereocenters. The van der Waals surface area contributed by atoms with E-state index in [1.54, 1.807) is 13.1 Å². The van der Waals surface area contributed by atoms with E-state index >= 15 is 0 Å². The lowest BCUT2D eigenvalue weighted by atomic mass is 10.1. The molecule has 0 aliphatic rings. The molecule has 1 radical (unpaired) electrons. The number of rotatable bonds is 2. The van der Waals surface area contributed by atoms with Gasteiger partial charge in [0.2, 0.25) is 0 Å². The third-order valence-corrected chi connectivity index (χ3v) is 2.74. The lowest BCUT2D eigenvalue weighted by Crippen LogP contribution is -1.87. The number of benzene rings is 1. The van der Waals surface area contributed by atoms with Gasteiger partial charge >= 0.3 is 0 Å². The van der Waals surface area contributed by atoms with Gasteiger partial charge in [-0.3, -0.25) is 0 Å². The Bertz CT molecular complexity index is 395. The van der Waals surface area contributed by atoms with Crippen molar-refractivity contribution in [2.45, 2.75) is 13.0 Å². The van der Waals surface area contributed by atoms with E-state index in [-0.39, 0.29) is 0 Å². The highest BCUT2D eigenvalue weighted by molar-refractivity contribution is 7.09. The second-order valence-electron chi connectivity index (χ2n) is 3.05. The van der Waals surface area contributed by atoms with Crippen molar-refractivity contribution in [1.29, 1.82) is 0 Å². The van der Waals surface area contributed by atoms with Crippen molar-refractivity contribution in [1.82, 2.24) is 9.59 Å². The van der Waals surface area contributed by atoms with Crippen molar-refractivity contribution in [3.05, 3.63) is 36.0 Å². The number of nitrogens with zero attached hydrogens (tertiary/aromatic N) is 2. The van der Waals surface area contributed by atoms with Gasteiger partial charge in [0.1, 0.15) is 6.10 Å². The molecule has 0 amide bonds. The molecular formula is C10H9N2OS. The van der Waals surface area contributed by atoms with E-state index in [0.29, 0.717) is 0 Å². The van der Waals surface area contributed by atoms with Gasteiger partial charge in [-0.1, -0.05) is 28.8 Å². The molecule has 0 spiro atoms. The molecule has 2 rings (SSSR count). The van der Waals surface area contributed by atoms with Crippen LogP contribution in [-0.4, -0.2) is 9.59 Å². The van der Waals surface area contributed by atoms with Crippen LogP contribution in [0.25, 0.3) is 10.4 Å². The highest BCUT2D eigenvalue weighted by atomic mass is 32.1. The predicted molar refractivity (Wildman–Crippen MR) is 54.4 cm³/mol. The number of hydrogen-bond acceptors (Lipinski definition) is 3. The second kappa shape index (κ2) is 3.86. The predicted octanol–water partition coefficient (Wildman–Crippen LogP) is 2.70. The molecule has 0 fully saturated rings. The van der Waals surface area contributed by atoms with Crippen molar-refractivity contribution in [3.63, 3.8) is 0 Å². The Morgan fingerprint density at radius 1 is 1.29 bits per heavy atom. The monoisotopic (exact) mass is 205 g/mol. The summed E-state index contributed by atoms with van der Waals surface area (Å²) < 4.78 is 3.79. The molecule has 0 saturated carbocycles. The first-order valence-electron chi connectivity index (χ1n) is 4.31. The van der Waals surface area contributed by atoms with Crippen LogP contribution in [0.2, 0.25) is 0 Å². The molecule has 0 bridgehead atoms. The second-order valence-corrected chi connectivity index (χ2v) is 3.83. The Hall–Kier alpha value is -1.26. The minimum Gasteiger partial charge on any atom is -0.228 e. The first-order valence-corrected chi connectivity index (χ1v) is 5.08. The van der Waals surface area contributed by atoms with Gasteiger partial charge in [0.15, 0.2) is 0 Å². The largest absolute Gasteiger partial charge is 0.228 e. The lowest BCUT2D eigenvalue weighted by molar-refractivity contribution is 0.106. The van der Waals surface area contributed by atoms with Crippen LogP contribution in [0.3, 0.4) is 0 Å². The van der Waals surface area contributed by atoms with Crippen molar-refractivity contribution in [3.8, 4) is 10.4 Å². The van der Waals surface area contributed by atoms with Crippen LogP contribution in [-0.2, 0) is 5.11 Å². The van der Waals surface area contributed by atoms with E-state index in [1.165, 1.54) is 11.5 Å². The standard InChI is InChI=1S/C10H9N2OS/c1-7(13)8-2-4-9(5-3-8)10-6-11-12-14-10/h2-7H,1H3. The molecule has 0 aliphatic carbocycles. The maximum Gasteiger partial charge on any atom is 0.115 e. The minimum absolute atomic E-state index is 0.663. The molecule has 71 valence electrons. The van der Waals surface area contributed by atoms with Crippen LogP contribution in [0.5, 0.6) is 0 Å². The van der Waals surface area contributed by atoms with Gasteiger partial charge < -0.3 is 0 Å². The fraction of sp³-hybridized carbons (Fsp3) is 0.200. The summed E-state index contributed by atoms with van der Waals surface area (Å²) in [6.07, 6.45) is 1.06. The highest BCUT2D eigenvalue weighted by Gasteiger charge is 2.04. The van der Waals surface area contributed by atoms with E-state index in [9.17, 15) is 5.11 Å². The van der Waals surface area contributed by atoms with Crippen LogP contribution in [0.4, 0.5) is 0 Å². The third-order valence-electron chi connectivity index (χ3n) is 2.03. The van der Waals surface area contributed by atoms with Gasteiger partial charge in [-0.15, -0.1) is 5.10 Å². The van der Waals surface area contributed by atoms with Gasteiger partial charge in [-0.25, -0.2) is 5.11 Å². The van der Waals surface area contributed by atoms with Gasteiger partial charge in [-0.05, 0) is 29.6 Å². The third kappa shape index (κ3) is 1.81. The molecule has 14 heavy (non-hydrogen) atoms. The maximum atomic E-state index is 11.1. The summed E-state index contributed by atoms with van der Waals surface area (Å²) in [7, 11) is 0. The van der Waals surface area contributed by atoms with Crippen LogP contribution in [0, 0.1) is 0 Å². The quantitative estimate of drug-likeness (QED) is 0.756. The summed E-state index contributed by atoms with van der Waals surface area (Å²) in [5.74, 6) is 0. The molecule has 0 aliphatic heterocycles.